The van der Waals surface area contributed by atoms with Crippen LogP contribution < -0.4 is 148 Å². The molecule has 0 saturated heterocycles. The van der Waals surface area contributed by atoms with Crippen molar-refractivity contribution in [2.24, 2.45) is 20.4 Å². The van der Waals surface area contributed by atoms with Gasteiger partial charge in [0.2, 0.25) is 0 Å². The minimum atomic E-state index is -0.166. The van der Waals surface area contributed by atoms with E-state index in [9.17, 15) is 10.2 Å². The topological polar surface area (TPSA) is 210 Å². The molecule has 49 heavy (non-hydrogen) atoms. The molecule has 18 heteroatoms. The fourth-order valence-corrected chi connectivity index (χ4v) is 5.25. The predicted octanol–water partition coefficient (Wildman–Crippen LogP) is -0.707. The second kappa shape index (κ2) is 33.9. The van der Waals surface area contributed by atoms with Gasteiger partial charge in [-0.3, -0.25) is 0 Å². The minimum absolute atomic E-state index is 0. The molecule has 4 aromatic carbocycles. The summed E-state index contributed by atoms with van der Waals surface area (Å²) in [4.78, 5) is 0. The number of thioether (sulfide) groups is 2. The van der Waals surface area contributed by atoms with Gasteiger partial charge in [-0.05, 0) is 48.6 Å². The number of hydrogen-bond donors (Lipinski definition) is 0. The Labute approximate surface area is 447 Å². The fourth-order valence-electron chi connectivity index (χ4n) is 3.63. The van der Waals surface area contributed by atoms with Crippen molar-refractivity contribution >= 4 is 70.0 Å². The molecule has 0 aliphatic heterocycles. The molecular weight excluding hydrogens is 1020 g/mol. The summed E-state index contributed by atoms with van der Waals surface area (Å²) in [6.07, 6.45) is 3.34. The summed E-state index contributed by atoms with van der Waals surface area (Å²) in [5.74, 6) is 1.06. The van der Waals surface area contributed by atoms with Crippen molar-refractivity contribution in [3.8, 4) is 11.5 Å². The van der Waals surface area contributed by atoms with Gasteiger partial charge < -0.3 is 57.4 Å². The summed E-state index contributed by atoms with van der Waals surface area (Å²) >= 11 is 13.3. The van der Waals surface area contributed by atoms with E-state index in [0.29, 0.717) is 37.8 Å². The van der Waals surface area contributed by atoms with Crippen LogP contribution in [0.5, 0.6) is 11.5 Å². The quantitative estimate of drug-likeness (QED) is 0.0868. The summed E-state index contributed by atoms with van der Waals surface area (Å²) in [6, 6.07) is 29.9. The maximum absolute atomic E-state index is 12.4. The number of nitrogens with zero attached hydrogens (tertiary/aromatic N) is 4. The average molecular weight is 1040 g/mol. The van der Waals surface area contributed by atoms with Crippen LogP contribution in [0.1, 0.15) is 33.4 Å². The molecule has 10 nitrogen and oxygen atoms in total. The number of hydrogen-bond acceptors (Lipinski definition) is 10. The Morgan fingerprint density at radius 1 is 0.551 bits per heavy atom. The summed E-state index contributed by atoms with van der Waals surface area (Å²) in [6.45, 7) is 0. The van der Waals surface area contributed by atoms with Gasteiger partial charge in [-0.1, -0.05) is 109 Å². The zero-order valence-corrected chi connectivity index (χ0v) is 44.9. The van der Waals surface area contributed by atoms with Crippen LogP contribution in [0, 0.1) is 0 Å². The molecule has 250 valence electrons. The molecule has 0 atom stereocenters. The van der Waals surface area contributed by atoms with Gasteiger partial charge in [-0.25, -0.2) is 0 Å². The van der Waals surface area contributed by atoms with E-state index in [1.165, 1.54) is 48.1 Å². The predicted molar refractivity (Wildman–Crippen MR) is 178 cm³/mol. The molecule has 0 aromatic heterocycles. The Morgan fingerprint density at radius 3 is 1.24 bits per heavy atom. The third-order valence-corrected chi connectivity index (χ3v) is 8.12. The normalized spacial score (nSPS) is 10.4. The van der Waals surface area contributed by atoms with Crippen LogP contribution in [0.4, 0.5) is 0 Å². The van der Waals surface area contributed by atoms with Gasteiger partial charge in [0, 0.05) is 48.6 Å². The monoisotopic (exact) mass is 1040 g/mol. The second-order valence-corrected chi connectivity index (χ2v) is 11.9. The molecule has 0 amide bonds. The smallest absolute Gasteiger partial charge is 1.00 e. The molecule has 0 unspecified atom stereocenters. The first-order valence-electron chi connectivity index (χ1n) is 12.5. The SMILES string of the molecule is [Cs+].[Cs+].[O-2].[O-2].[O-2].[O-2].[O-]c1ccc(Cc2ccc([O-])c(/C=N/N=C(\[S-])SCc3ccccc3)c2)cc1/C=N/N=C(\[S-])SCc1ccccc1.[V].[V]. The summed E-state index contributed by atoms with van der Waals surface area (Å²) in [5, 5.41) is 40.8. The zero-order chi connectivity index (χ0) is 28.9. The van der Waals surface area contributed by atoms with Crippen molar-refractivity contribution in [3.05, 3.63) is 130 Å². The summed E-state index contributed by atoms with van der Waals surface area (Å²) < 4.78 is 0.783. The Bertz CT molecular complexity index is 1480. The Morgan fingerprint density at radius 2 is 0.898 bits per heavy atom. The average Bonchev–Trinajstić information content (AvgIpc) is 2.99. The van der Waals surface area contributed by atoms with E-state index in [2.05, 4.69) is 20.4 Å². The van der Waals surface area contributed by atoms with Crippen molar-refractivity contribution in [3.63, 3.8) is 0 Å². The molecule has 0 N–H and O–H groups in total. The molecule has 0 spiro atoms. The Hall–Kier alpha value is 1.41. The van der Waals surface area contributed by atoms with E-state index < -0.39 is 0 Å². The van der Waals surface area contributed by atoms with Gasteiger partial charge >= 0.3 is 138 Å². The molecule has 2 radical (unpaired) electrons. The van der Waals surface area contributed by atoms with Crippen molar-refractivity contribution in [1.29, 1.82) is 0 Å². The third kappa shape index (κ3) is 23.1. The van der Waals surface area contributed by atoms with Crippen LogP contribution in [-0.4, -0.2) is 21.2 Å². The van der Waals surface area contributed by atoms with E-state index in [0.717, 1.165) is 22.3 Å². The van der Waals surface area contributed by atoms with Crippen LogP contribution in [0.25, 0.3) is 0 Å². The standard InChI is InChI=1S/C31H28N4O2S4.2Cs.4O.2V/c36-28-13-11-24(16-26(28)18-32-34-30(38)40-20-22-7-3-1-4-8-22)15-25-12-14-29(37)27(17-25)19-33-35-31(39)41-21-23-9-5-2-6-10-23;;;;;;;;/h1-14,16-19,36-37H,15,20-21H2,(H,34,38)(H,35,39);;;;;;;;/q;2*+1;4*-2;;/p-4/b32-18+,33-19+;;;;;;;;. The largest absolute Gasteiger partial charge is 2.00 e. The number of benzene rings is 4. The van der Waals surface area contributed by atoms with Crippen LogP contribution >= 0.6 is 23.5 Å². The number of rotatable bonds is 10. The van der Waals surface area contributed by atoms with Crippen molar-refractivity contribution in [2.75, 3.05) is 0 Å². The van der Waals surface area contributed by atoms with E-state index in [4.69, 9.17) is 25.3 Å². The fraction of sp³-hybridized carbons (Fsp3) is 0.0968. The molecule has 0 heterocycles. The van der Waals surface area contributed by atoms with E-state index >= 15 is 0 Å². The zero-order valence-electron chi connectivity index (χ0n) is 26.3. The molecule has 0 aliphatic carbocycles. The maximum atomic E-state index is 12.4. The first kappa shape index (κ1) is 59.7. The molecule has 0 saturated carbocycles. The molecular formula is C31H24Cs2N4O6S4V2-10. The summed E-state index contributed by atoms with van der Waals surface area (Å²) in [5.41, 5.74) is 4.87. The van der Waals surface area contributed by atoms with Crippen molar-refractivity contribution in [1.82, 2.24) is 0 Å². The first-order chi connectivity index (χ1) is 20.0. The van der Waals surface area contributed by atoms with Gasteiger partial charge in [-0.15, -0.1) is 23.5 Å². The Kier molecular flexibility index (Phi) is 41.3. The van der Waals surface area contributed by atoms with Gasteiger partial charge in [0.15, 0.2) is 0 Å². The minimum Gasteiger partial charge on any atom is -2.00 e. The first-order valence-corrected chi connectivity index (χ1v) is 15.2. The van der Waals surface area contributed by atoms with Gasteiger partial charge in [0.1, 0.15) is 0 Å². The maximum Gasteiger partial charge on any atom is 1.00 e. The third-order valence-electron chi connectivity index (χ3n) is 5.64. The van der Waals surface area contributed by atoms with E-state index in [1.54, 1.807) is 24.3 Å². The molecule has 0 fully saturated rings. The summed E-state index contributed by atoms with van der Waals surface area (Å²) in [7, 11) is 0. The van der Waals surface area contributed by atoms with Crippen LogP contribution in [-0.2, 0) is 102 Å². The van der Waals surface area contributed by atoms with E-state index in [-0.39, 0.29) is 208 Å². The van der Waals surface area contributed by atoms with Crippen LogP contribution in [0.3, 0.4) is 0 Å². The van der Waals surface area contributed by atoms with Crippen molar-refractivity contribution in [2.45, 2.75) is 17.9 Å². The van der Waals surface area contributed by atoms with Gasteiger partial charge in [-0.2, -0.15) is 20.4 Å². The Balaban J connectivity index is -0.000000807. The molecule has 4 aromatic rings. The van der Waals surface area contributed by atoms with Gasteiger partial charge in [0.25, 0.3) is 0 Å². The van der Waals surface area contributed by atoms with Crippen LogP contribution in [0.15, 0.2) is 117 Å². The van der Waals surface area contributed by atoms with Crippen molar-refractivity contribution < 1.29 is 207 Å². The molecule has 0 aliphatic rings. The van der Waals surface area contributed by atoms with Crippen LogP contribution in [0.2, 0.25) is 0 Å². The molecule has 4 rings (SSSR count). The van der Waals surface area contributed by atoms with E-state index in [1.807, 2.05) is 60.7 Å². The second-order valence-electron chi connectivity index (χ2n) is 8.69. The van der Waals surface area contributed by atoms with Gasteiger partial charge in [0.05, 0.1) is 12.4 Å². The molecule has 0 bridgehead atoms.